The molecule has 0 amide bonds. The van der Waals surface area contributed by atoms with Crippen LogP contribution >= 0.6 is 36.7 Å². The molecular formula is C12H24FeN3O3S6+3. The quantitative estimate of drug-likeness (QED) is 0.224. The van der Waals surface area contributed by atoms with Gasteiger partial charge < -0.3 is 88.8 Å². The topological polar surface area (TPSA) is 37.4 Å². The van der Waals surface area contributed by atoms with Gasteiger partial charge in [0.2, 0.25) is 0 Å². The molecule has 0 saturated carbocycles. The van der Waals surface area contributed by atoms with Crippen LogP contribution in [0.25, 0.3) is 0 Å². The van der Waals surface area contributed by atoms with Gasteiger partial charge in [-0.25, -0.2) is 0 Å². The summed E-state index contributed by atoms with van der Waals surface area (Å²) in [6, 6.07) is 0. The number of hydrogen-bond donors (Lipinski definition) is 0. The molecular weight excluding hydrogens is 482 g/mol. The first kappa shape index (κ1) is 33.3. The number of ether oxygens (including phenoxy) is 3. The van der Waals surface area contributed by atoms with E-state index in [0.29, 0.717) is 20.2 Å². The van der Waals surface area contributed by atoms with Crippen molar-refractivity contribution in [3.8, 4) is 0 Å². The Morgan fingerprint density at radius 1 is 0.600 bits per heavy atom. The van der Waals surface area contributed by atoms with Crippen LogP contribution in [0.3, 0.4) is 0 Å². The molecule has 0 spiro atoms. The summed E-state index contributed by atoms with van der Waals surface area (Å²) in [7, 11) is 11.3. The van der Waals surface area contributed by atoms with E-state index >= 15 is 0 Å². The van der Waals surface area contributed by atoms with E-state index < -0.39 is 0 Å². The van der Waals surface area contributed by atoms with Crippen LogP contribution in [0.15, 0.2) is 0 Å². The second-order valence-corrected chi connectivity index (χ2v) is 7.81. The molecule has 0 bridgehead atoms. The second-order valence-electron chi connectivity index (χ2n) is 4.81. The zero-order valence-electron chi connectivity index (χ0n) is 15.0. The van der Waals surface area contributed by atoms with Crippen LogP contribution in [0, 0.1) is 0 Å². The number of thiocarbonyl (C=S) groups is 3. The average Bonchev–Trinajstić information content (AvgIpc) is 2.42. The molecule has 0 fully saturated rings. The Bertz CT molecular complexity index is 311. The smallest absolute Gasteiger partial charge is 0.498 e. The van der Waals surface area contributed by atoms with Crippen LogP contribution in [0.5, 0.6) is 0 Å². The van der Waals surface area contributed by atoms with E-state index in [1.807, 2.05) is 57.0 Å². The summed E-state index contributed by atoms with van der Waals surface area (Å²) in [5.74, 6) is 0. The molecule has 25 heavy (non-hydrogen) atoms. The van der Waals surface area contributed by atoms with Crippen molar-refractivity contribution < 1.29 is 31.3 Å². The van der Waals surface area contributed by atoms with Crippen LogP contribution < -0.4 is 0 Å². The van der Waals surface area contributed by atoms with Crippen molar-refractivity contribution in [3.05, 3.63) is 0 Å². The molecule has 0 heterocycles. The molecule has 0 aliphatic carbocycles. The Kier molecular flexibility index (Phi) is 30.4. The van der Waals surface area contributed by atoms with Crippen molar-refractivity contribution in [2.24, 2.45) is 0 Å². The summed E-state index contributed by atoms with van der Waals surface area (Å²) < 4.78 is 14.9. The van der Waals surface area contributed by atoms with Gasteiger partial charge in [-0.3, -0.25) is 14.7 Å². The van der Waals surface area contributed by atoms with E-state index in [0.717, 1.165) is 0 Å². The average molecular weight is 507 g/mol. The van der Waals surface area contributed by atoms with E-state index in [-0.39, 0.29) is 30.2 Å². The van der Waals surface area contributed by atoms with Crippen molar-refractivity contribution in [1.29, 1.82) is 0 Å². The van der Waals surface area contributed by atoms with E-state index in [2.05, 4.69) is 74.5 Å². The van der Waals surface area contributed by atoms with Crippen molar-refractivity contribution >= 4 is 87.7 Å². The Balaban J connectivity index is -0.000000130. The van der Waals surface area contributed by atoms with Crippen LogP contribution in [0.1, 0.15) is 0 Å². The summed E-state index contributed by atoms with van der Waals surface area (Å²) >= 11 is 26.9. The van der Waals surface area contributed by atoms with Crippen molar-refractivity contribution in [2.75, 3.05) is 62.5 Å². The van der Waals surface area contributed by atoms with Crippen LogP contribution in [-0.4, -0.2) is 90.3 Å². The number of nitrogens with zero attached hydrogens (tertiary/aromatic N) is 3. The van der Waals surface area contributed by atoms with Crippen LogP contribution in [0.2, 0.25) is 0 Å². The summed E-state index contributed by atoms with van der Waals surface area (Å²) in [5.41, 5.74) is 0. The molecule has 0 aromatic rings. The largest absolute Gasteiger partial charge is 6.00 e. The van der Waals surface area contributed by atoms with Crippen molar-refractivity contribution in [1.82, 2.24) is 14.7 Å². The van der Waals surface area contributed by atoms with E-state index in [1.54, 1.807) is 0 Å². The van der Waals surface area contributed by atoms with Gasteiger partial charge in [-0.05, 0) is 42.3 Å². The fraction of sp³-hybridized carbons (Fsp3) is 0.750. The summed E-state index contributed by atoms with van der Waals surface area (Å²) in [6.45, 7) is 1.42. The van der Waals surface area contributed by atoms with Crippen LogP contribution in [0.4, 0.5) is 0 Å². The second kappa shape index (κ2) is 22.8. The molecule has 13 heteroatoms. The van der Waals surface area contributed by atoms with E-state index in [4.69, 9.17) is 14.2 Å². The molecule has 0 unspecified atom stereocenters. The number of rotatable bonds is 6. The zero-order valence-corrected chi connectivity index (χ0v) is 21.0. The van der Waals surface area contributed by atoms with E-state index in [9.17, 15) is 0 Å². The molecule has 0 rings (SSSR count). The minimum absolute atomic E-state index is 0. The monoisotopic (exact) mass is 506 g/mol. The predicted octanol–water partition coefficient (Wildman–Crippen LogP) is 1.06. The summed E-state index contributed by atoms with van der Waals surface area (Å²) in [6.07, 6.45) is 0. The maximum Gasteiger partial charge on any atom is 6.00 e. The third-order valence-electron chi connectivity index (χ3n) is 1.32. The van der Waals surface area contributed by atoms with Crippen molar-refractivity contribution in [3.63, 3.8) is 0 Å². The summed E-state index contributed by atoms with van der Waals surface area (Å²) in [5, 5.41) is 0. The molecule has 0 N–H and O–H groups in total. The Morgan fingerprint density at radius 3 is 0.800 bits per heavy atom. The van der Waals surface area contributed by atoms with Gasteiger partial charge in [-0.2, -0.15) is 0 Å². The maximum atomic E-state index is 4.78. The first-order chi connectivity index (χ1) is 10.9. The third kappa shape index (κ3) is 51.6. The molecule has 0 radical (unpaired) electrons. The minimum atomic E-state index is 0. The SMILES string of the molecule is CN(C)COC(=S)[S-].CN(C)COC(=S)[S-].CN(C)COC(=S)[S-].[Fe+6]. The van der Waals surface area contributed by atoms with Crippen molar-refractivity contribution in [2.45, 2.75) is 0 Å². The van der Waals surface area contributed by atoms with Gasteiger partial charge >= 0.3 is 17.1 Å². The van der Waals surface area contributed by atoms with Gasteiger partial charge in [0.15, 0.2) is 0 Å². The number of hydrogen-bond acceptors (Lipinski definition) is 12. The van der Waals surface area contributed by atoms with Gasteiger partial charge in [0, 0.05) is 13.1 Å². The third-order valence-corrected chi connectivity index (χ3v) is 2.03. The van der Waals surface area contributed by atoms with Gasteiger partial charge in [-0.15, -0.1) is 0 Å². The van der Waals surface area contributed by atoms with Gasteiger partial charge in [0.05, 0.1) is 0 Å². The standard InChI is InChI=1S/3C4H9NOS2.Fe/c3*1-5(2)3-6-4(7)8;/h3*3H2,1-2H3,(H,7,8);/q;;;+6/p-3. The fourth-order valence-electron chi connectivity index (χ4n) is 0.545. The molecule has 0 aromatic heterocycles. The molecule has 146 valence electrons. The molecule has 6 nitrogen and oxygen atoms in total. The molecule has 0 saturated heterocycles. The molecule has 0 aliphatic heterocycles. The van der Waals surface area contributed by atoms with Gasteiger partial charge in [0.25, 0.3) is 0 Å². The Morgan fingerprint density at radius 2 is 0.760 bits per heavy atom. The first-order valence-electron chi connectivity index (χ1n) is 6.34. The molecule has 0 aliphatic rings. The van der Waals surface area contributed by atoms with E-state index in [1.165, 1.54) is 0 Å². The molecule has 0 aromatic carbocycles. The van der Waals surface area contributed by atoms with Gasteiger partial charge in [0.1, 0.15) is 20.2 Å². The molecule has 0 atom stereocenters. The maximum absolute atomic E-state index is 4.78. The minimum Gasteiger partial charge on any atom is -0.498 e. The Hall–Kier alpha value is 0.729. The normalized spacial score (nSPS) is 9.00. The zero-order chi connectivity index (χ0) is 19.7. The fourth-order valence-corrected chi connectivity index (χ4v) is 0.862. The van der Waals surface area contributed by atoms with Crippen LogP contribution in [-0.2, 0) is 69.2 Å². The Labute approximate surface area is 195 Å². The van der Waals surface area contributed by atoms with Gasteiger partial charge in [-0.1, -0.05) is 0 Å². The first-order valence-corrected chi connectivity index (χ1v) is 8.78. The summed E-state index contributed by atoms with van der Waals surface area (Å²) in [4.78, 5) is 5.54. The predicted molar refractivity (Wildman–Crippen MR) is 119 cm³/mol.